The third-order valence-electron chi connectivity index (χ3n) is 5.79. The van der Waals surface area contributed by atoms with Crippen LogP contribution >= 0.6 is 0 Å². The molecule has 1 saturated heterocycles. The Morgan fingerprint density at radius 2 is 1.67 bits per heavy atom. The SMILES string of the molecule is O=C(NCc1ccc(F)cc1)C1(Cc2ccc(-c3cccnc3)cc2)CCOCC1. The van der Waals surface area contributed by atoms with E-state index in [0.717, 1.165) is 22.3 Å². The third kappa shape index (κ3) is 4.74. The van der Waals surface area contributed by atoms with Crippen molar-refractivity contribution in [2.24, 2.45) is 5.41 Å². The van der Waals surface area contributed by atoms with Gasteiger partial charge in [-0.05, 0) is 59.7 Å². The maximum atomic E-state index is 13.2. The number of hydrogen-bond acceptors (Lipinski definition) is 3. The van der Waals surface area contributed by atoms with Crippen LogP contribution in [0.3, 0.4) is 0 Å². The molecule has 1 fully saturated rings. The standard InChI is InChI=1S/C25H25FN2O2/c26-23-9-5-20(6-10-23)17-28-24(29)25(11-14-30-15-12-25)16-19-3-7-21(8-4-19)22-2-1-13-27-18-22/h1-10,13,18H,11-12,14-17H2,(H,28,29). The van der Waals surface area contributed by atoms with E-state index in [4.69, 9.17) is 4.74 Å². The van der Waals surface area contributed by atoms with E-state index in [2.05, 4.69) is 34.6 Å². The third-order valence-corrected chi connectivity index (χ3v) is 5.79. The molecule has 2 heterocycles. The quantitative estimate of drug-likeness (QED) is 0.656. The fraction of sp³-hybridized carbons (Fsp3) is 0.280. The van der Waals surface area contributed by atoms with Gasteiger partial charge < -0.3 is 10.1 Å². The number of amides is 1. The summed E-state index contributed by atoms with van der Waals surface area (Å²) in [4.78, 5) is 17.4. The zero-order chi connectivity index (χ0) is 20.8. The Bertz CT molecular complexity index is 966. The fourth-order valence-electron chi connectivity index (χ4n) is 3.96. The van der Waals surface area contributed by atoms with Crippen molar-refractivity contribution in [2.45, 2.75) is 25.8 Å². The van der Waals surface area contributed by atoms with Crippen LogP contribution in [0.1, 0.15) is 24.0 Å². The molecule has 0 radical (unpaired) electrons. The Kier molecular flexibility index (Phi) is 6.19. The first-order chi connectivity index (χ1) is 14.6. The van der Waals surface area contributed by atoms with Crippen molar-refractivity contribution in [1.82, 2.24) is 10.3 Å². The summed E-state index contributed by atoms with van der Waals surface area (Å²) in [5, 5.41) is 3.06. The maximum absolute atomic E-state index is 13.2. The lowest BCUT2D eigenvalue weighted by Crippen LogP contribution is -2.45. The molecule has 3 aromatic rings. The minimum absolute atomic E-state index is 0.0338. The summed E-state index contributed by atoms with van der Waals surface area (Å²) in [7, 11) is 0. The second-order valence-corrected chi connectivity index (χ2v) is 7.82. The van der Waals surface area contributed by atoms with E-state index in [0.29, 0.717) is 39.0 Å². The minimum atomic E-state index is -0.492. The van der Waals surface area contributed by atoms with Crippen molar-refractivity contribution in [3.05, 3.63) is 90.0 Å². The molecular formula is C25H25FN2O2. The van der Waals surface area contributed by atoms with Crippen LogP contribution in [-0.4, -0.2) is 24.1 Å². The molecule has 0 atom stereocenters. The van der Waals surface area contributed by atoms with Gasteiger partial charge in [-0.15, -0.1) is 0 Å². The number of carbonyl (C=O) groups is 1. The minimum Gasteiger partial charge on any atom is -0.381 e. The van der Waals surface area contributed by atoms with Gasteiger partial charge in [0.05, 0.1) is 5.41 Å². The zero-order valence-electron chi connectivity index (χ0n) is 16.8. The van der Waals surface area contributed by atoms with Gasteiger partial charge >= 0.3 is 0 Å². The van der Waals surface area contributed by atoms with Crippen molar-refractivity contribution in [3.8, 4) is 11.1 Å². The second-order valence-electron chi connectivity index (χ2n) is 7.82. The smallest absolute Gasteiger partial charge is 0.226 e. The molecule has 1 aliphatic heterocycles. The van der Waals surface area contributed by atoms with Gasteiger partial charge in [0.15, 0.2) is 0 Å². The van der Waals surface area contributed by atoms with E-state index in [1.54, 1.807) is 18.3 Å². The molecule has 30 heavy (non-hydrogen) atoms. The maximum Gasteiger partial charge on any atom is 0.226 e. The molecule has 1 amide bonds. The van der Waals surface area contributed by atoms with Crippen molar-refractivity contribution in [1.29, 1.82) is 0 Å². The van der Waals surface area contributed by atoms with E-state index in [9.17, 15) is 9.18 Å². The average Bonchev–Trinajstić information content (AvgIpc) is 2.80. The Morgan fingerprint density at radius 3 is 2.33 bits per heavy atom. The molecule has 0 spiro atoms. The number of benzene rings is 2. The first kappa shape index (κ1) is 20.2. The summed E-state index contributed by atoms with van der Waals surface area (Å²) in [6.45, 7) is 1.55. The molecule has 1 aliphatic rings. The van der Waals surface area contributed by atoms with Crippen LogP contribution in [0.2, 0.25) is 0 Å². The lowest BCUT2D eigenvalue weighted by atomic mass is 9.74. The highest BCUT2D eigenvalue weighted by Crippen LogP contribution is 2.35. The van der Waals surface area contributed by atoms with Gasteiger partial charge in [-0.3, -0.25) is 9.78 Å². The molecular weight excluding hydrogens is 379 g/mol. The van der Waals surface area contributed by atoms with Crippen molar-refractivity contribution >= 4 is 5.91 Å². The van der Waals surface area contributed by atoms with Crippen LogP contribution < -0.4 is 5.32 Å². The van der Waals surface area contributed by atoms with E-state index >= 15 is 0 Å². The number of ether oxygens (including phenoxy) is 1. The molecule has 1 aromatic heterocycles. The number of aromatic nitrogens is 1. The molecule has 4 nitrogen and oxygen atoms in total. The lowest BCUT2D eigenvalue weighted by molar-refractivity contribution is -0.136. The van der Waals surface area contributed by atoms with Crippen LogP contribution in [0.25, 0.3) is 11.1 Å². The highest BCUT2D eigenvalue weighted by molar-refractivity contribution is 5.83. The summed E-state index contributed by atoms with van der Waals surface area (Å²) in [5.41, 5.74) is 3.69. The van der Waals surface area contributed by atoms with Gasteiger partial charge in [0.1, 0.15) is 5.82 Å². The van der Waals surface area contributed by atoms with Crippen molar-refractivity contribution in [2.75, 3.05) is 13.2 Å². The largest absolute Gasteiger partial charge is 0.381 e. The Balaban J connectivity index is 1.47. The molecule has 0 unspecified atom stereocenters. The Hall–Kier alpha value is -3.05. The molecule has 154 valence electrons. The number of hydrogen-bond donors (Lipinski definition) is 1. The topological polar surface area (TPSA) is 51.2 Å². The van der Waals surface area contributed by atoms with Crippen molar-refractivity contribution in [3.63, 3.8) is 0 Å². The number of nitrogens with one attached hydrogen (secondary N) is 1. The zero-order valence-corrected chi connectivity index (χ0v) is 16.8. The van der Waals surface area contributed by atoms with Gasteiger partial charge in [0.25, 0.3) is 0 Å². The fourth-order valence-corrected chi connectivity index (χ4v) is 3.96. The van der Waals surface area contributed by atoms with E-state index in [1.807, 2.05) is 18.3 Å². The number of carbonyl (C=O) groups excluding carboxylic acids is 1. The lowest BCUT2D eigenvalue weighted by Gasteiger charge is -2.36. The summed E-state index contributed by atoms with van der Waals surface area (Å²) in [5.74, 6) is -0.243. The van der Waals surface area contributed by atoms with Crippen molar-refractivity contribution < 1.29 is 13.9 Å². The average molecular weight is 404 g/mol. The number of nitrogens with zero attached hydrogens (tertiary/aromatic N) is 1. The Labute approximate surface area is 176 Å². The summed E-state index contributed by atoms with van der Waals surface area (Å²) < 4.78 is 18.6. The monoisotopic (exact) mass is 404 g/mol. The van der Waals surface area contributed by atoms with Crippen LogP contribution in [0.4, 0.5) is 4.39 Å². The normalized spacial score (nSPS) is 15.5. The van der Waals surface area contributed by atoms with Gasteiger partial charge in [0, 0.05) is 32.2 Å². The van der Waals surface area contributed by atoms with Gasteiger partial charge in [-0.1, -0.05) is 42.5 Å². The molecule has 1 N–H and O–H groups in total. The molecule has 4 rings (SSSR count). The first-order valence-corrected chi connectivity index (χ1v) is 10.2. The van der Waals surface area contributed by atoms with E-state index in [-0.39, 0.29) is 11.7 Å². The molecule has 2 aromatic carbocycles. The predicted molar refractivity (Wildman–Crippen MR) is 114 cm³/mol. The predicted octanol–water partition coefficient (Wildman–Crippen LogP) is 4.54. The highest BCUT2D eigenvalue weighted by atomic mass is 19.1. The molecule has 5 heteroatoms. The Morgan fingerprint density at radius 1 is 0.967 bits per heavy atom. The van der Waals surface area contributed by atoms with Crippen LogP contribution in [0.5, 0.6) is 0 Å². The number of rotatable bonds is 6. The number of pyridine rings is 1. The molecule has 0 aliphatic carbocycles. The summed E-state index contributed by atoms with van der Waals surface area (Å²) in [6.07, 6.45) is 5.65. The van der Waals surface area contributed by atoms with Gasteiger partial charge in [0.2, 0.25) is 5.91 Å². The molecule has 0 saturated carbocycles. The van der Waals surface area contributed by atoms with E-state index in [1.165, 1.54) is 12.1 Å². The van der Waals surface area contributed by atoms with Crippen LogP contribution in [-0.2, 0) is 22.5 Å². The van der Waals surface area contributed by atoms with Gasteiger partial charge in [-0.25, -0.2) is 4.39 Å². The van der Waals surface area contributed by atoms with Gasteiger partial charge in [-0.2, -0.15) is 0 Å². The van der Waals surface area contributed by atoms with Crippen LogP contribution in [0, 0.1) is 11.2 Å². The molecule has 0 bridgehead atoms. The summed E-state index contributed by atoms with van der Waals surface area (Å²) in [6, 6.07) is 18.5. The van der Waals surface area contributed by atoms with E-state index < -0.39 is 5.41 Å². The second kappa shape index (κ2) is 9.18. The highest BCUT2D eigenvalue weighted by Gasteiger charge is 2.39. The number of halogens is 1. The van der Waals surface area contributed by atoms with Crippen LogP contribution in [0.15, 0.2) is 73.1 Å². The summed E-state index contributed by atoms with van der Waals surface area (Å²) >= 11 is 0. The first-order valence-electron chi connectivity index (χ1n) is 10.2.